The number of halogens is 3. The number of carbonyl (C=O) groups is 2. The molecule has 6 nitrogen and oxygen atoms in total. The minimum absolute atomic E-state index is 0.00310. The number of alkyl halides is 3. The van der Waals surface area contributed by atoms with Crippen molar-refractivity contribution in [2.45, 2.75) is 23.5 Å². The van der Waals surface area contributed by atoms with Gasteiger partial charge in [0.1, 0.15) is 6.04 Å². The third-order valence-electron chi connectivity index (χ3n) is 3.83. The van der Waals surface area contributed by atoms with Crippen molar-refractivity contribution in [3.63, 3.8) is 0 Å². The van der Waals surface area contributed by atoms with Gasteiger partial charge in [-0.25, -0.2) is 13.2 Å². The fourth-order valence-electron chi connectivity index (χ4n) is 2.35. The summed E-state index contributed by atoms with van der Waals surface area (Å²) in [5.41, 5.74) is -1.44. The second kappa shape index (κ2) is 8.42. The molecule has 0 spiro atoms. The lowest BCUT2D eigenvalue weighted by Crippen LogP contribution is -2.42. The van der Waals surface area contributed by atoms with Crippen LogP contribution in [0.5, 0.6) is 0 Å². The van der Waals surface area contributed by atoms with Gasteiger partial charge in [-0.3, -0.25) is 4.79 Å². The van der Waals surface area contributed by atoms with E-state index in [1.807, 2.05) is 0 Å². The van der Waals surface area contributed by atoms with Gasteiger partial charge >= 0.3 is 12.1 Å². The molecular weight excluding hydrogens is 399 g/mol. The number of carbonyl (C=O) groups excluding carboxylic acids is 1. The van der Waals surface area contributed by atoms with E-state index in [-0.39, 0.29) is 10.5 Å². The van der Waals surface area contributed by atoms with Gasteiger partial charge in [-0.1, -0.05) is 24.3 Å². The maximum absolute atomic E-state index is 12.7. The molecule has 0 aromatic heterocycles. The highest BCUT2D eigenvalue weighted by Crippen LogP contribution is 2.29. The minimum atomic E-state index is -4.66. The largest absolute Gasteiger partial charge is 0.480 e. The number of hydrogen-bond donors (Lipinski definition) is 2. The van der Waals surface area contributed by atoms with Gasteiger partial charge in [0.2, 0.25) is 0 Å². The number of benzene rings is 2. The van der Waals surface area contributed by atoms with Crippen LogP contribution in [0, 0.1) is 0 Å². The molecule has 2 aromatic carbocycles. The molecule has 2 rings (SSSR count). The number of nitrogens with one attached hydrogen (secondary N) is 1. The van der Waals surface area contributed by atoms with Crippen LogP contribution in [-0.4, -0.2) is 37.2 Å². The van der Waals surface area contributed by atoms with Crippen LogP contribution >= 0.6 is 0 Å². The molecule has 0 aliphatic carbocycles. The Labute approximate surface area is 158 Å². The summed E-state index contributed by atoms with van der Waals surface area (Å²) >= 11 is 0. The van der Waals surface area contributed by atoms with Gasteiger partial charge in [-0.05, 0) is 36.8 Å². The van der Waals surface area contributed by atoms with Gasteiger partial charge in [0.05, 0.1) is 16.2 Å². The number of carboxylic acids is 1. The van der Waals surface area contributed by atoms with E-state index in [2.05, 4.69) is 5.32 Å². The summed E-state index contributed by atoms with van der Waals surface area (Å²) in [4.78, 5) is 23.5. The van der Waals surface area contributed by atoms with Crippen LogP contribution in [0.15, 0.2) is 59.5 Å². The third-order valence-corrected chi connectivity index (χ3v) is 5.60. The van der Waals surface area contributed by atoms with Crippen LogP contribution in [0.2, 0.25) is 0 Å². The van der Waals surface area contributed by atoms with E-state index in [1.54, 1.807) is 6.07 Å². The van der Waals surface area contributed by atoms with Gasteiger partial charge < -0.3 is 10.4 Å². The average molecular weight is 415 g/mol. The Morgan fingerprint density at radius 3 is 2.25 bits per heavy atom. The maximum Gasteiger partial charge on any atom is 0.416 e. The second-order valence-electron chi connectivity index (χ2n) is 5.86. The summed E-state index contributed by atoms with van der Waals surface area (Å²) in [6.45, 7) is 0. The molecule has 0 aliphatic rings. The first-order chi connectivity index (χ1) is 13.0. The molecule has 1 atom stereocenters. The monoisotopic (exact) mass is 415 g/mol. The number of rotatable bonds is 7. The Bertz CT molecular complexity index is 959. The summed E-state index contributed by atoms with van der Waals surface area (Å²) in [5.74, 6) is -3.10. The molecule has 0 unspecified atom stereocenters. The van der Waals surface area contributed by atoms with E-state index in [9.17, 15) is 36.3 Å². The zero-order chi connectivity index (χ0) is 20.9. The predicted octanol–water partition coefficient (Wildman–Crippen LogP) is 2.75. The highest BCUT2D eigenvalue weighted by Gasteiger charge is 2.31. The highest BCUT2D eigenvalue weighted by molar-refractivity contribution is 7.91. The fraction of sp³-hybridized carbons (Fsp3) is 0.222. The predicted molar refractivity (Wildman–Crippen MR) is 93.4 cm³/mol. The van der Waals surface area contributed by atoms with E-state index < -0.39 is 51.7 Å². The van der Waals surface area contributed by atoms with Gasteiger partial charge in [0.25, 0.3) is 5.91 Å². The Morgan fingerprint density at radius 1 is 1.04 bits per heavy atom. The quantitative estimate of drug-likeness (QED) is 0.724. The first kappa shape index (κ1) is 21.4. The van der Waals surface area contributed by atoms with Crippen LogP contribution in [-0.2, 0) is 20.8 Å². The molecule has 0 radical (unpaired) electrons. The van der Waals surface area contributed by atoms with Crippen LogP contribution in [0.25, 0.3) is 0 Å². The molecule has 2 N–H and O–H groups in total. The molecule has 10 heteroatoms. The van der Waals surface area contributed by atoms with Gasteiger partial charge in [0, 0.05) is 5.56 Å². The first-order valence-corrected chi connectivity index (χ1v) is 9.64. The molecule has 150 valence electrons. The minimum Gasteiger partial charge on any atom is -0.480 e. The third kappa shape index (κ3) is 5.56. The van der Waals surface area contributed by atoms with E-state index in [4.69, 9.17) is 0 Å². The summed E-state index contributed by atoms with van der Waals surface area (Å²) in [7, 11) is -3.78. The molecule has 0 heterocycles. The number of hydrogen-bond acceptors (Lipinski definition) is 4. The zero-order valence-corrected chi connectivity index (χ0v) is 15.1. The standard InChI is InChI=1S/C18H16F3NO5S/c19-18(20,21)13-6-4-5-12(11-13)16(23)22-15(17(24)25)9-10-28(26,27)14-7-2-1-3-8-14/h1-8,11,15H,9-10H2,(H,22,23)(H,24,25)/t15-/m0/s1. The molecule has 28 heavy (non-hydrogen) atoms. The Hall–Kier alpha value is -2.88. The number of aliphatic carboxylic acids is 1. The maximum atomic E-state index is 12.7. The van der Waals surface area contributed by atoms with Gasteiger partial charge in [-0.2, -0.15) is 13.2 Å². The average Bonchev–Trinajstić information content (AvgIpc) is 2.65. The molecule has 0 aliphatic heterocycles. The summed E-state index contributed by atoms with van der Waals surface area (Å²) in [5, 5.41) is 11.3. The first-order valence-electron chi connectivity index (χ1n) is 7.99. The zero-order valence-electron chi connectivity index (χ0n) is 14.3. The Balaban J connectivity index is 2.11. The molecule has 0 saturated carbocycles. The van der Waals surface area contributed by atoms with Crippen molar-refractivity contribution in [1.29, 1.82) is 0 Å². The van der Waals surface area contributed by atoms with Crippen LogP contribution in [0.1, 0.15) is 22.3 Å². The van der Waals surface area contributed by atoms with Crippen molar-refractivity contribution in [1.82, 2.24) is 5.32 Å². The number of amides is 1. The molecule has 0 bridgehead atoms. The SMILES string of the molecule is O=C(N[C@@H](CCS(=O)(=O)c1ccccc1)C(=O)O)c1cccc(C(F)(F)F)c1. The molecule has 0 saturated heterocycles. The molecule has 2 aromatic rings. The molecule has 1 amide bonds. The fourth-order valence-corrected chi connectivity index (χ4v) is 3.71. The van der Waals surface area contributed by atoms with Gasteiger partial charge in [-0.15, -0.1) is 0 Å². The van der Waals surface area contributed by atoms with Gasteiger partial charge in [0.15, 0.2) is 9.84 Å². The summed E-state index contributed by atoms with van der Waals surface area (Å²) in [6, 6.07) is 9.26. The van der Waals surface area contributed by atoms with Crippen molar-refractivity contribution in [3.05, 3.63) is 65.7 Å². The van der Waals surface area contributed by atoms with E-state index in [0.717, 1.165) is 18.2 Å². The topological polar surface area (TPSA) is 101 Å². The lowest BCUT2D eigenvalue weighted by atomic mass is 10.1. The summed E-state index contributed by atoms with van der Waals surface area (Å²) < 4.78 is 62.7. The van der Waals surface area contributed by atoms with Crippen molar-refractivity contribution in [2.75, 3.05) is 5.75 Å². The lowest BCUT2D eigenvalue weighted by Gasteiger charge is -2.15. The Morgan fingerprint density at radius 2 is 1.68 bits per heavy atom. The highest BCUT2D eigenvalue weighted by atomic mass is 32.2. The lowest BCUT2D eigenvalue weighted by molar-refractivity contribution is -0.139. The van der Waals surface area contributed by atoms with Crippen molar-refractivity contribution in [2.24, 2.45) is 0 Å². The molecule has 0 fully saturated rings. The van der Waals surface area contributed by atoms with Crippen LogP contribution in [0.3, 0.4) is 0 Å². The molecular formula is C18H16F3NO5S. The van der Waals surface area contributed by atoms with Crippen molar-refractivity contribution < 1.29 is 36.3 Å². The second-order valence-corrected chi connectivity index (χ2v) is 7.97. The van der Waals surface area contributed by atoms with Crippen LogP contribution in [0.4, 0.5) is 13.2 Å². The van der Waals surface area contributed by atoms with E-state index in [0.29, 0.717) is 6.07 Å². The number of carboxylic acid groups (broad SMARTS) is 1. The van der Waals surface area contributed by atoms with E-state index >= 15 is 0 Å². The normalized spacial score (nSPS) is 13.0. The van der Waals surface area contributed by atoms with E-state index in [1.165, 1.54) is 24.3 Å². The number of sulfone groups is 1. The smallest absolute Gasteiger partial charge is 0.416 e. The van der Waals surface area contributed by atoms with Crippen molar-refractivity contribution in [3.8, 4) is 0 Å². The Kier molecular flexibility index (Phi) is 6.45. The summed E-state index contributed by atoms with van der Waals surface area (Å²) in [6.07, 6.45) is -5.11. The van der Waals surface area contributed by atoms with Crippen LogP contribution < -0.4 is 5.32 Å². The van der Waals surface area contributed by atoms with Crippen molar-refractivity contribution >= 4 is 21.7 Å².